The van der Waals surface area contributed by atoms with Crippen LogP contribution in [0.2, 0.25) is 0 Å². The summed E-state index contributed by atoms with van der Waals surface area (Å²) < 4.78 is 51.1. The van der Waals surface area contributed by atoms with Gasteiger partial charge in [0.2, 0.25) is 0 Å². The Morgan fingerprint density at radius 2 is 2.00 bits per heavy atom. The smallest absolute Gasteiger partial charge is 0.400 e. The van der Waals surface area contributed by atoms with Crippen molar-refractivity contribution in [2.45, 2.75) is 62.4 Å². The number of benzene rings is 1. The molecule has 3 aliphatic carbocycles. The molecule has 0 aromatic heterocycles. The molecule has 2 N–H and O–H groups in total. The molecule has 2 saturated heterocycles. The van der Waals surface area contributed by atoms with Gasteiger partial charge in [-0.1, -0.05) is 36.8 Å². The van der Waals surface area contributed by atoms with E-state index in [1.807, 2.05) is 0 Å². The van der Waals surface area contributed by atoms with Crippen LogP contribution in [0.1, 0.15) is 37.7 Å². The van der Waals surface area contributed by atoms with Crippen LogP contribution in [0.15, 0.2) is 59.0 Å². The van der Waals surface area contributed by atoms with Gasteiger partial charge in [0.05, 0.1) is 37.7 Å². The summed E-state index contributed by atoms with van der Waals surface area (Å²) in [4.78, 5) is 25.1. The first-order valence-corrected chi connectivity index (χ1v) is 13.4. The number of quaternary nitrogens is 1. The molecule has 2 heterocycles. The topological polar surface area (TPSA) is 111 Å². The third-order valence-electron chi connectivity index (χ3n) is 9.61. The van der Waals surface area contributed by atoms with E-state index in [4.69, 9.17) is 4.74 Å². The summed E-state index contributed by atoms with van der Waals surface area (Å²) in [5, 5.41) is 26.5. The Kier molecular flexibility index (Phi) is 5.99. The second-order valence-corrected chi connectivity index (χ2v) is 12.0. The number of amides is 1. The highest BCUT2D eigenvalue weighted by molar-refractivity contribution is 5.96. The minimum Gasteiger partial charge on any atom is -0.400 e. The van der Waals surface area contributed by atoms with Gasteiger partial charge >= 0.3 is 6.36 Å². The van der Waals surface area contributed by atoms with Gasteiger partial charge < -0.3 is 24.4 Å². The van der Waals surface area contributed by atoms with Gasteiger partial charge in [-0.3, -0.25) is 14.9 Å². The normalized spacial score (nSPS) is 36.0. The SMILES string of the molecule is C[N+]1(C)CC[C@@]23C4=C5C[C@@H]1[C@@H]2CCC[C@@H]3OC4C(O)(NC(=O)C(=Cc1ccccc1)OC(F)(F)F)C=C5[N+](=O)[O-]. The van der Waals surface area contributed by atoms with E-state index < -0.39 is 40.2 Å². The maximum Gasteiger partial charge on any atom is 0.573 e. The van der Waals surface area contributed by atoms with Crippen molar-refractivity contribution in [2.75, 3.05) is 20.6 Å². The standard InChI is InChI=1S/C28H30F3N3O6/c1-34(2)12-11-26-18-9-6-10-22(26)39-24-23(26)17(14-20(18)34)19(33(37)38)15-27(24,36)32-25(35)21(40-28(29,30)31)13-16-7-4-3-5-8-16/h3-5,7-8,13,15,18,20,22,24,36H,6,9-12,14H2,1-2H3/p+1/t18-,20+,22-,24?,26+,27?/m0/s1. The van der Waals surface area contributed by atoms with Crippen LogP contribution in [-0.4, -0.2) is 71.4 Å². The number of carbonyl (C=O) groups is 1. The quantitative estimate of drug-likeness (QED) is 0.142. The van der Waals surface area contributed by atoms with Crippen LogP contribution in [0.25, 0.3) is 6.08 Å². The molecule has 9 nitrogen and oxygen atoms in total. The van der Waals surface area contributed by atoms with Crippen LogP contribution in [-0.2, 0) is 14.3 Å². The van der Waals surface area contributed by atoms with Crippen molar-refractivity contribution < 1.29 is 42.0 Å². The number of ether oxygens (including phenoxy) is 2. The summed E-state index contributed by atoms with van der Waals surface area (Å²) >= 11 is 0. The first-order chi connectivity index (χ1) is 18.8. The first-order valence-electron chi connectivity index (χ1n) is 13.4. The largest absolute Gasteiger partial charge is 0.573 e. The number of carbonyl (C=O) groups excluding carboxylic acids is 1. The van der Waals surface area contributed by atoms with Gasteiger partial charge in [-0.2, -0.15) is 0 Å². The predicted octanol–water partition coefficient (Wildman–Crippen LogP) is 3.65. The predicted molar refractivity (Wildman–Crippen MR) is 135 cm³/mol. The van der Waals surface area contributed by atoms with Gasteiger partial charge in [-0.25, -0.2) is 0 Å². The lowest BCUT2D eigenvalue weighted by atomic mass is 9.50. The molecule has 5 aliphatic rings. The molecule has 3 fully saturated rings. The zero-order valence-electron chi connectivity index (χ0n) is 22.1. The number of aliphatic hydroxyl groups is 1. The number of likely N-dealkylation sites (tertiary alicyclic amines) is 1. The molecule has 1 spiro atoms. The van der Waals surface area contributed by atoms with Gasteiger partial charge in [0.15, 0.2) is 11.5 Å². The monoisotopic (exact) mass is 562 g/mol. The fraction of sp³-hybridized carbons (Fsp3) is 0.536. The number of halogens is 3. The Morgan fingerprint density at radius 3 is 2.67 bits per heavy atom. The minimum absolute atomic E-state index is 0.127. The molecule has 214 valence electrons. The average Bonchev–Trinajstić information content (AvgIpc) is 3.22. The van der Waals surface area contributed by atoms with Crippen molar-refractivity contribution in [1.82, 2.24) is 5.32 Å². The van der Waals surface area contributed by atoms with E-state index in [9.17, 15) is 33.2 Å². The number of nitrogens with one attached hydrogen (secondary N) is 1. The highest BCUT2D eigenvalue weighted by atomic mass is 19.4. The van der Waals surface area contributed by atoms with Crippen molar-refractivity contribution in [3.63, 3.8) is 0 Å². The lowest BCUT2D eigenvalue weighted by Gasteiger charge is -2.60. The Bertz CT molecular complexity index is 1360. The molecule has 2 bridgehead atoms. The third-order valence-corrected chi connectivity index (χ3v) is 9.61. The fourth-order valence-electron chi connectivity index (χ4n) is 8.02. The Morgan fingerprint density at radius 1 is 1.27 bits per heavy atom. The van der Waals surface area contributed by atoms with Gasteiger partial charge in [0.1, 0.15) is 6.10 Å². The van der Waals surface area contributed by atoms with E-state index in [-0.39, 0.29) is 29.3 Å². The summed E-state index contributed by atoms with van der Waals surface area (Å²) in [6.45, 7) is 0.816. The number of rotatable bonds is 5. The van der Waals surface area contributed by atoms with Crippen molar-refractivity contribution in [3.8, 4) is 0 Å². The molecule has 6 atom stereocenters. The molecule has 6 rings (SSSR count). The molecule has 0 radical (unpaired) electrons. The van der Waals surface area contributed by atoms with Crippen LogP contribution in [0.5, 0.6) is 0 Å². The highest BCUT2D eigenvalue weighted by Crippen LogP contribution is 2.67. The lowest BCUT2D eigenvalue weighted by molar-refractivity contribution is -0.928. The van der Waals surface area contributed by atoms with Gasteiger partial charge in [-0.15, -0.1) is 13.2 Å². The number of allylic oxidation sites excluding steroid dienone is 1. The van der Waals surface area contributed by atoms with Gasteiger partial charge in [-0.05, 0) is 30.1 Å². The second-order valence-electron chi connectivity index (χ2n) is 12.0. The maximum absolute atomic E-state index is 13.3. The number of nitro groups is 1. The van der Waals surface area contributed by atoms with Crippen molar-refractivity contribution in [3.05, 3.63) is 74.7 Å². The Hall–Kier alpha value is -3.22. The maximum atomic E-state index is 13.3. The summed E-state index contributed by atoms with van der Waals surface area (Å²) in [6.07, 6.45) is -1.23. The summed E-state index contributed by atoms with van der Waals surface area (Å²) in [6, 6.07) is 7.90. The lowest BCUT2D eigenvalue weighted by Crippen LogP contribution is -2.68. The number of hydrogen-bond donors (Lipinski definition) is 2. The molecule has 1 saturated carbocycles. The summed E-state index contributed by atoms with van der Waals surface area (Å²) in [5.41, 5.74) is -1.95. The molecule has 12 heteroatoms. The Labute approximate surface area is 228 Å². The van der Waals surface area contributed by atoms with E-state index in [1.54, 1.807) is 18.2 Å². The zero-order chi connectivity index (χ0) is 28.7. The zero-order valence-corrected chi connectivity index (χ0v) is 22.1. The van der Waals surface area contributed by atoms with E-state index in [0.29, 0.717) is 30.4 Å². The van der Waals surface area contributed by atoms with Crippen LogP contribution >= 0.6 is 0 Å². The van der Waals surface area contributed by atoms with Gasteiger partial charge in [0.25, 0.3) is 11.6 Å². The van der Waals surface area contributed by atoms with E-state index in [2.05, 4.69) is 24.1 Å². The van der Waals surface area contributed by atoms with E-state index in [0.717, 1.165) is 36.0 Å². The number of alkyl halides is 3. The van der Waals surface area contributed by atoms with Crippen LogP contribution in [0, 0.1) is 21.4 Å². The van der Waals surface area contributed by atoms with Crippen molar-refractivity contribution in [2.24, 2.45) is 11.3 Å². The number of nitrogens with zero attached hydrogens (tertiary/aromatic N) is 2. The van der Waals surface area contributed by atoms with E-state index >= 15 is 0 Å². The molecule has 2 unspecified atom stereocenters. The van der Waals surface area contributed by atoms with Crippen molar-refractivity contribution >= 4 is 12.0 Å². The second kappa shape index (κ2) is 8.89. The summed E-state index contributed by atoms with van der Waals surface area (Å²) in [5.74, 6) is -2.32. The number of hydrogen-bond acceptors (Lipinski definition) is 6. The fourth-order valence-corrected chi connectivity index (χ4v) is 8.02. The molecular formula is C28H31F3N3O6+. The van der Waals surface area contributed by atoms with Crippen LogP contribution in [0.3, 0.4) is 0 Å². The molecule has 1 aromatic carbocycles. The molecule has 1 amide bonds. The van der Waals surface area contributed by atoms with Crippen LogP contribution < -0.4 is 5.32 Å². The van der Waals surface area contributed by atoms with Crippen LogP contribution in [0.4, 0.5) is 13.2 Å². The number of piperidine rings is 1. The molecule has 40 heavy (non-hydrogen) atoms. The first kappa shape index (κ1) is 27.0. The van der Waals surface area contributed by atoms with Crippen molar-refractivity contribution in [1.29, 1.82) is 0 Å². The van der Waals surface area contributed by atoms with E-state index in [1.165, 1.54) is 12.1 Å². The highest BCUT2D eigenvalue weighted by Gasteiger charge is 2.72. The minimum atomic E-state index is -5.19. The molecule has 1 aromatic rings. The average molecular weight is 563 g/mol. The summed E-state index contributed by atoms with van der Waals surface area (Å²) in [7, 11) is 4.27. The van der Waals surface area contributed by atoms with Gasteiger partial charge in [0, 0.05) is 35.8 Å². The third kappa shape index (κ3) is 4.07. The molecular weight excluding hydrogens is 531 g/mol. The Balaban J connectivity index is 1.43. The molecule has 2 aliphatic heterocycles.